The van der Waals surface area contributed by atoms with Gasteiger partial charge in [0.2, 0.25) is 0 Å². The molecule has 20 heavy (non-hydrogen) atoms. The van der Waals surface area contributed by atoms with E-state index in [0.717, 1.165) is 10.0 Å². The second kappa shape index (κ2) is 6.77. The molecule has 2 rings (SSSR count). The van der Waals surface area contributed by atoms with Crippen LogP contribution >= 0.6 is 27.5 Å². The van der Waals surface area contributed by atoms with E-state index in [1.54, 1.807) is 12.1 Å². The van der Waals surface area contributed by atoms with Crippen LogP contribution in [0.2, 0.25) is 5.02 Å². The minimum absolute atomic E-state index is 0.0669. The predicted molar refractivity (Wildman–Crippen MR) is 84.5 cm³/mol. The van der Waals surface area contributed by atoms with E-state index in [9.17, 15) is 4.79 Å². The number of carbonyl (C=O) groups is 1. The third-order valence-corrected chi connectivity index (χ3v) is 3.58. The molecular formula is C15H13BrClNO2. The lowest BCUT2D eigenvalue weighted by molar-refractivity contribution is -0.118. The van der Waals surface area contributed by atoms with E-state index in [1.165, 1.54) is 0 Å². The molecule has 0 aliphatic rings. The van der Waals surface area contributed by atoms with Crippen LogP contribution in [-0.2, 0) is 4.79 Å². The van der Waals surface area contributed by atoms with Crippen LogP contribution in [0.15, 0.2) is 46.9 Å². The second-order valence-electron chi connectivity index (χ2n) is 4.23. The summed E-state index contributed by atoms with van der Waals surface area (Å²) in [6, 6.07) is 12.7. The maximum absolute atomic E-state index is 11.8. The molecule has 0 aliphatic carbocycles. The number of aryl methyl sites for hydroxylation is 1. The number of ether oxygens (including phenoxy) is 1. The fourth-order valence-electron chi connectivity index (χ4n) is 1.62. The molecule has 5 heteroatoms. The quantitative estimate of drug-likeness (QED) is 0.882. The van der Waals surface area contributed by atoms with Crippen molar-refractivity contribution in [3.63, 3.8) is 0 Å². The zero-order valence-corrected chi connectivity index (χ0v) is 13.2. The van der Waals surface area contributed by atoms with Crippen molar-refractivity contribution in [2.45, 2.75) is 6.92 Å². The lowest BCUT2D eigenvalue weighted by Gasteiger charge is -2.10. The molecule has 2 aromatic carbocycles. The Labute approximate surface area is 131 Å². The molecule has 0 bridgehead atoms. The Hall–Kier alpha value is -1.52. The molecule has 0 aromatic heterocycles. The SMILES string of the molecule is Cc1ccc(Cl)cc1OCC(=O)Nc1ccccc1Br. The molecule has 0 atom stereocenters. The monoisotopic (exact) mass is 353 g/mol. The number of amides is 1. The summed E-state index contributed by atoms with van der Waals surface area (Å²) in [6.45, 7) is 1.83. The van der Waals surface area contributed by atoms with Gasteiger partial charge in [0.25, 0.3) is 5.91 Å². The Morgan fingerprint density at radius 1 is 1.30 bits per heavy atom. The van der Waals surface area contributed by atoms with Crippen LogP contribution in [-0.4, -0.2) is 12.5 Å². The van der Waals surface area contributed by atoms with E-state index < -0.39 is 0 Å². The van der Waals surface area contributed by atoms with Gasteiger partial charge < -0.3 is 10.1 Å². The van der Waals surface area contributed by atoms with Gasteiger partial charge in [-0.3, -0.25) is 4.79 Å². The average molecular weight is 355 g/mol. The highest BCUT2D eigenvalue weighted by Gasteiger charge is 2.07. The number of carbonyl (C=O) groups excluding carboxylic acids is 1. The first kappa shape index (κ1) is 14.9. The van der Waals surface area contributed by atoms with Crippen LogP contribution in [0.5, 0.6) is 5.75 Å². The van der Waals surface area contributed by atoms with E-state index in [-0.39, 0.29) is 12.5 Å². The van der Waals surface area contributed by atoms with Gasteiger partial charge in [0.05, 0.1) is 5.69 Å². The molecule has 2 aromatic rings. The first-order chi connectivity index (χ1) is 9.56. The first-order valence-electron chi connectivity index (χ1n) is 5.99. The summed E-state index contributed by atoms with van der Waals surface area (Å²) in [5.41, 5.74) is 1.65. The molecule has 3 nitrogen and oxygen atoms in total. The van der Waals surface area contributed by atoms with Crippen LogP contribution < -0.4 is 10.1 Å². The van der Waals surface area contributed by atoms with E-state index in [2.05, 4.69) is 21.2 Å². The van der Waals surface area contributed by atoms with Crippen LogP contribution in [0.25, 0.3) is 0 Å². The normalized spacial score (nSPS) is 10.2. The number of nitrogens with one attached hydrogen (secondary N) is 1. The van der Waals surface area contributed by atoms with Crippen LogP contribution in [0.1, 0.15) is 5.56 Å². The molecule has 0 radical (unpaired) electrons. The summed E-state index contributed by atoms with van der Waals surface area (Å²) in [7, 11) is 0. The van der Waals surface area contributed by atoms with E-state index in [0.29, 0.717) is 16.5 Å². The van der Waals surface area contributed by atoms with Gasteiger partial charge in [0.15, 0.2) is 6.61 Å². The number of halogens is 2. The lowest BCUT2D eigenvalue weighted by Crippen LogP contribution is -2.20. The number of anilines is 1. The lowest BCUT2D eigenvalue weighted by atomic mass is 10.2. The van der Waals surface area contributed by atoms with Crippen LogP contribution in [0, 0.1) is 6.92 Å². The zero-order chi connectivity index (χ0) is 14.5. The number of benzene rings is 2. The molecule has 0 spiro atoms. The van der Waals surface area contributed by atoms with Crippen molar-refractivity contribution in [1.82, 2.24) is 0 Å². The Morgan fingerprint density at radius 3 is 2.80 bits per heavy atom. The fraction of sp³-hybridized carbons (Fsp3) is 0.133. The molecule has 1 N–H and O–H groups in total. The molecule has 0 fully saturated rings. The number of hydrogen-bond donors (Lipinski definition) is 1. The highest BCUT2D eigenvalue weighted by molar-refractivity contribution is 9.10. The molecule has 0 aliphatic heterocycles. The number of rotatable bonds is 4. The van der Waals surface area contributed by atoms with Gasteiger partial charge in [-0.1, -0.05) is 29.8 Å². The Kier molecular flexibility index (Phi) is 5.04. The summed E-state index contributed by atoms with van der Waals surface area (Å²) in [6.07, 6.45) is 0. The smallest absolute Gasteiger partial charge is 0.262 e. The summed E-state index contributed by atoms with van der Waals surface area (Å²) < 4.78 is 6.31. The molecule has 0 heterocycles. The molecule has 1 amide bonds. The minimum atomic E-state index is -0.226. The van der Waals surface area contributed by atoms with Crippen molar-refractivity contribution in [3.8, 4) is 5.75 Å². The van der Waals surface area contributed by atoms with Gasteiger partial charge in [-0.25, -0.2) is 0 Å². The average Bonchev–Trinajstić information content (AvgIpc) is 2.42. The Morgan fingerprint density at radius 2 is 2.05 bits per heavy atom. The summed E-state index contributed by atoms with van der Waals surface area (Å²) in [5.74, 6) is 0.385. The summed E-state index contributed by atoms with van der Waals surface area (Å²) in [5, 5.41) is 3.35. The third kappa shape index (κ3) is 3.99. The largest absolute Gasteiger partial charge is 0.483 e. The maximum Gasteiger partial charge on any atom is 0.262 e. The molecule has 104 valence electrons. The highest BCUT2D eigenvalue weighted by atomic mass is 79.9. The van der Waals surface area contributed by atoms with Gasteiger partial charge in [0, 0.05) is 9.50 Å². The third-order valence-electron chi connectivity index (χ3n) is 2.66. The minimum Gasteiger partial charge on any atom is -0.483 e. The second-order valence-corrected chi connectivity index (χ2v) is 5.52. The van der Waals surface area contributed by atoms with Gasteiger partial charge in [-0.15, -0.1) is 0 Å². The van der Waals surface area contributed by atoms with Crippen molar-refractivity contribution in [2.75, 3.05) is 11.9 Å². The van der Waals surface area contributed by atoms with Gasteiger partial charge in [-0.2, -0.15) is 0 Å². The highest BCUT2D eigenvalue weighted by Crippen LogP contribution is 2.23. The fourth-order valence-corrected chi connectivity index (χ4v) is 2.17. The van der Waals surface area contributed by atoms with Crippen LogP contribution in [0.3, 0.4) is 0 Å². The molecule has 0 saturated heterocycles. The zero-order valence-electron chi connectivity index (χ0n) is 10.8. The van der Waals surface area contributed by atoms with Crippen molar-refractivity contribution in [1.29, 1.82) is 0 Å². The van der Waals surface area contributed by atoms with Gasteiger partial charge in [-0.05, 0) is 52.7 Å². The van der Waals surface area contributed by atoms with Gasteiger partial charge >= 0.3 is 0 Å². The summed E-state index contributed by atoms with van der Waals surface area (Å²) in [4.78, 5) is 11.8. The molecular weight excluding hydrogens is 342 g/mol. The summed E-state index contributed by atoms with van der Waals surface area (Å²) >= 11 is 9.26. The van der Waals surface area contributed by atoms with E-state index in [1.807, 2.05) is 37.3 Å². The van der Waals surface area contributed by atoms with Gasteiger partial charge in [0.1, 0.15) is 5.75 Å². The molecule has 0 unspecified atom stereocenters. The predicted octanol–water partition coefficient (Wildman–Crippen LogP) is 4.43. The van der Waals surface area contributed by atoms with E-state index in [4.69, 9.17) is 16.3 Å². The van der Waals surface area contributed by atoms with Crippen LogP contribution in [0.4, 0.5) is 5.69 Å². The van der Waals surface area contributed by atoms with Crippen molar-refractivity contribution in [3.05, 3.63) is 57.5 Å². The van der Waals surface area contributed by atoms with Crippen molar-refractivity contribution >= 4 is 39.1 Å². The Bertz CT molecular complexity index is 631. The number of hydrogen-bond acceptors (Lipinski definition) is 2. The number of para-hydroxylation sites is 1. The standard InChI is InChI=1S/C15H13BrClNO2/c1-10-6-7-11(17)8-14(10)20-9-15(19)18-13-5-3-2-4-12(13)16/h2-8H,9H2,1H3,(H,18,19). The maximum atomic E-state index is 11.8. The van der Waals surface area contributed by atoms with E-state index >= 15 is 0 Å². The van der Waals surface area contributed by atoms with Crippen molar-refractivity contribution in [2.24, 2.45) is 0 Å². The Balaban J connectivity index is 1.96. The van der Waals surface area contributed by atoms with Crippen molar-refractivity contribution < 1.29 is 9.53 Å². The first-order valence-corrected chi connectivity index (χ1v) is 7.16. The topological polar surface area (TPSA) is 38.3 Å². The molecule has 0 saturated carbocycles.